The van der Waals surface area contributed by atoms with Crippen LogP contribution in [-0.4, -0.2) is 64.5 Å². The second kappa shape index (κ2) is 12.1. The lowest BCUT2D eigenvalue weighted by Crippen LogP contribution is -2.43. The van der Waals surface area contributed by atoms with E-state index in [1.807, 2.05) is 19.9 Å². The molecule has 0 spiro atoms. The van der Waals surface area contributed by atoms with Gasteiger partial charge in [0.25, 0.3) is 11.5 Å². The number of hydrogen-bond donors (Lipinski definition) is 0. The van der Waals surface area contributed by atoms with Crippen LogP contribution in [0.3, 0.4) is 0 Å². The Morgan fingerprint density at radius 3 is 2.68 bits per heavy atom. The average Bonchev–Trinajstić information content (AvgIpc) is 2.91. The van der Waals surface area contributed by atoms with Crippen molar-refractivity contribution in [3.8, 4) is 5.75 Å². The number of nitro benzene ring substituents is 1. The van der Waals surface area contributed by atoms with Crippen molar-refractivity contribution in [1.29, 1.82) is 0 Å². The predicted molar refractivity (Wildman–Crippen MR) is 149 cm³/mol. The highest BCUT2D eigenvalue weighted by atomic mass is 79.9. The van der Waals surface area contributed by atoms with Gasteiger partial charge in [0.1, 0.15) is 5.82 Å². The molecule has 13 heteroatoms. The Morgan fingerprint density at radius 1 is 1.26 bits per heavy atom. The van der Waals surface area contributed by atoms with E-state index in [4.69, 9.17) is 9.47 Å². The van der Waals surface area contributed by atoms with Crippen molar-refractivity contribution in [2.24, 2.45) is 5.10 Å². The normalized spacial score (nSPS) is 14.7. The molecular weight excluding hydrogens is 626 g/mol. The third-order valence-corrected chi connectivity index (χ3v) is 7.11. The molecule has 38 heavy (non-hydrogen) atoms. The number of aromatic nitrogens is 2. The Hall–Kier alpha value is -3.16. The molecule has 0 N–H and O–H groups in total. The fourth-order valence-electron chi connectivity index (χ4n) is 3.93. The van der Waals surface area contributed by atoms with E-state index in [2.05, 4.69) is 41.9 Å². The maximum Gasteiger partial charge on any atom is 0.312 e. The Kier molecular flexibility index (Phi) is 8.90. The van der Waals surface area contributed by atoms with E-state index in [1.54, 1.807) is 23.1 Å². The number of nitrogens with zero attached hydrogens (tertiary/aromatic N) is 5. The number of hydrogen-bond acceptors (Lipinski definition) is 8. The molecule has 0 unspecified atom stereocenters. The molecule has 0 aliphatic carbocycles. The van der Waals surface area contributed by atoms with Crippen LogP contribution in [0, 0.1) is 10.1 Å². The molecule has 2 heterocycles. The molecule has 4 rings (SSSR count). The largest absolute Gasteiger partial charge is 0.476 e. The Bertz CT molecular complexity index is 1470. The third kappa shape index (κ3) is 6.11. The van der Waals surface area contributed by atoms with Gasteiger partial charge < -0.3 is 14.4 Å². The lowest BCUT2D eigenvalue weighted by molar-refractivity contribution is -0.385. The van der Waals surface area contributed by atoms with E-state index in [0.29, 0.717) is 53.9 Å². The Labute approximate surface area is 234 Å². The summed E-state index contributed by atoms with van der Waals surface area (Å²) in [6.45, 7) is 5.21. The maximum atomic E-state index is 13.4. The van der Waals surface area contributed by atoms with Gasteiger partial charge in [0.15, 0.2) is 6.61 Å². The van der Waals surface area contributed by atoms with Crippen LogP contribution in [0.4, 0.5) is 5.69 Å². The van der Waals surface area contributed by atoms with Gasteiger partial charge in [-0.3, -0.25) is 19.7 Å². The summed E-state index contributed by atoms with van der Waals surface area (Å²) in [4.78, 5) is 43.6. The van der Waals surface area contributed by atoms with Crippen molar-refractivity contribution in [1.82, 2.24) is 14.6 Å². The SMILES string of the molecule is CC[C@H](C)c1nc2ccc(Br)cc2c(=O)n1N=Cc1cc(Br)cc([N+](=O)[O-])c1OCC(=O)N1CCOCC1. The summed E-state index contributed by atoms with van der Waals surface area (Å²) in [6, 6.07) is 8.11. The molecule has 1 aliphatic rings. The minimum Gasteiger partial charge on any atom is -0.476 e. The highest BCUT2D eigenvalue weighted by Gasteiger charge is 2.24. The summed E-state index contributed by atoms with van der Waals surface area (Å²) in [6.07, 6.45) is 2.02. The van der Waals surface area contributed by atoms with Gasteiger partial charge in [-0.25, -0.2) is 4.98 Å². The van der Waals surface area contributed by atoms with E-state index >= 15 is 0 Å². The zero-order valence-electron chi connectivity index (χ0n) is 20.7. The summed E-state index contributed by atoms with van der Waals surface area (Å²) >= 11 is 6.68. The second-order valence-electron chi connectivity index (χ2n) is 8.68. The van der Waals surface area contributed by atoms with Gasteiger partial charge in [-0.05, 0) is 30.7 Å². The van der Waals surface area contributed by atoms with E-state index in [1.165, 1.54) is 17.0 Å². The molecular formula is C25H25Br2N5O6. The quantitative estimate of drug-likeness (QED) is 0.200. The lowest BCUT2D eigenvalue weighted by atomic mass is 10.1. The fourth-order valence-corrected chi connectivity index (χ4v) is 4.75. The van der Waals surface area contributed by atoms with E-state index < -0.39 is 11.5 Å². The molecule has 1 saturated heterocycles. The molecule has 3 aromatic rings. The van der Waals surface area contributed by atoms with Crippen LogP contribution in [0.25, 0.3) is 10.9 Å². The van der Waals surface area contributed by atoms with Gasteiger partial charge in [0.05, 0.1) is 35.3 Å². The topological polar surface area (TPSA) is 129 Å². The zero-order valence-corrected chi connectivity index (χ0v) is 23.9. The molecule has 200 valence electrons. The smallest absolute Gasteiger partial charge is 0.312 e. The van der Waals surface area contributed by atoms with Gasteiger partial charge in [0, 0.05) is 39.6 Å². The first-order valence-electron chi connectivity index (χ1n) is 11.9. The Balaban J connectivity index is 1.77. The zero-order chi connectivity index (χ0) is 27.4. The second-order valence-corrected chi connectivity index (χ2v) is 10.5. The first-order valence-corrected chi connectivity index (χ1v) is 13.5. The van der Waals surface area contributed by atoms with Crippen LogP contribution in [-0.2, 0) is 9.53 Å². The number of ether oxygens (including phenoxy) is 2. The summed E-state index contributed by atoms with van der Waals surface area (Å²) in [5, 5.41) is 16.6. The number of halogens is 2. The highest BCUT2D eigenvalue weighted by Crippen LogP contribution is 2.34. The summed E-state index contributed by atoms with van der Waals surface area (Å²) < 4.78 is 13.3. The highest BCUT2D eigenvalue weighted by molar-refractivity contribution is 9.10. The van der Waals surface area contributed by atoms with E-state index in [-0.39, 0.29) is 34.4 Å². The maximum absolute atomic E-state index is 13.4. The number of nitro groups is 1. The van der Waals surface area contributed by atoms with Crippen LogP contribution in [0.2, 0.25) is 0 Å². The van der Waals surface area contributed by atoms with Gasteiger partial charge in [-0.15, -0.1) is 0 Å². The van der Waals surface area contributed by atoms with Crippen molar-refractivity contribution in [2.75, 3.05) is 32.9 Å². The van der Waals surface area contributed by atoms with E-state index in [9.17, 15) is 19.7 Å². The van der Waals surface area contributed by atoms with Crippen LogP contribution in [0.15, 0.2) is 49.2 Å². The molecule has 2 aromatic carbocycles. The predicted octanol–water partition coefficient (Wildman–Crippen LogP) is 4.46. The van der Waals surface area contributed by atoms with Crippen molar-refractivity contribution < 1.29 is 19.2 Å². The van der Waals surface area contributed by atoms with Gasteiger partial charge in [-0.1, -0.05) is 45.7 Å². The summed E-state index contributed by atoms with van der Waals surface area (Å²) in [7, 11) is 0. The molecule has 1 atom stereocenters. The average molecular weight is 651 g/mol. The molecule has 11 nitrogen and oxygen atoms in total. The van der Waals surface area contributed by atoms with Crippen molar-refractivity contribution in [3.63, 3.8) is 0 Å². The fraction of sp³-hybridized carbons (Fsp3) is 0.360. The first kappa shape index (κ1) is 27.9. The van der Waals surface area contributed by atoms with Gasteiger partial charge in [-0.2, -0.15) is 9.78 Å². The first-order chi connectivity index (χ1) is 18.2. The molecule has 1 fully saturated rings. The number of fused-ring (bicyclic) bond motifs is 1. The monoisotopic (exact) mass is 649 g/mol. The molecule has 0 radical (unpaired) electrons. The van der Waals surface area contributed by atoms with Gasteiger partial charge >= 0.3 is 5.69 Å². The minimum atomic E-state index is -0.595. The van der Waals surface area contributed by atoms with Crippen molar-refractivity contribution >= 4 is 60.6 Å². The number of benzene rings is 2. The molecule has 1 aromatic heterocycles. The molecule has 0 bridgehead atoms. The Morgan fingerprint density at radius 2 is 2.00 bits per heavy atom. The van der Waals surface area contributed by atoms with Crippen LogP contribution >= 0.6 is 31.9 Å². The summed E-state index contributed by atoms with van der Waals surface area (Å²) in [5.74, 6) is -0.0733. The summed E-state index contributed by atoms with van der Waals surface area (Å²) in [5.41, 5.74) is 0.0452. The number of rotatable bonds is 8. The standard InChI is InChI=1S/C25H25Br2N5O6/c1-3-15(2)24-29-20-5-4-17(26)11-19(20)25(34)31(24)28-13-16-10-18(27)12-21(32(35)36)23(16)38-14-22(33)30-6-8-37-9-7-30/h4-5,10-13,15H,3,6-9,14H2,1-2H3/t15-/m0/s1. The molecule has 1 amide bonds. The minimum absolute atomic E-state index is 0.0911. The van der Waals surface area contributed by atoms with Crippen molar-refractivity contribution in [2.45, 2.75) is 26.2 Å². The number of carbonyl (C=O) groups excluding carboxylic acids is 1. The van der Waals surface area contributed by atoms with Crippen molar-refractivity contribution in [3.05, 3.63) is 71.1 Å². The molecule has 0 saturated carbocycles. The third-order valence-electron chi connectivity index (χ3n) is 6.16. The van der Waals surface area contributed by atoms with Crippen LogP contribution in [0.5, 0.6) is 5.75 Å². The van der Waals surface area contributed by atoms with E-state index in [0.717, 1.165) is 4.47 Å². The van der Waals surface area contributed by atoms with Crippen LogP contribution in [0.1, 0.15) is 37.6 Å². The lowest BCUT2D eigenvalue weighted by Gasteiger charge is -2.26. The molecule has 1 aliphatic heterocycles. The number of carbonyl (C=O) groups is 1. The van der Waals surface area contributed by atoms with Crippen LogP contribution < -0.4 is 10.3 Å². The van der Waals surface area contributed by atoms with Gasteiger partial charge in [0.2, 0.25) is 5.75 Å². The number of morpholine rings is 1. The number of amides is 1.